The average molecular weight is 180 g/mol. The molecule has 0 unspecified atom stereocenters. The number of carbonyl (C=O) groups is 1. The first-order chi connectivity index (χ1) is 6.06. The Kier molecular flexibility index (Phi) is 2.41. The van der Waals surface area contributed by atoms with E-state index in [-0.39, 0.29) is 22.6 Å². The van der Waals surface area contributed by atoms with Crippen LogP contribution in [0.4, 0.5) is 10.1 Å². The number of nitrogens with one attached hydrogen (secondary N) is 1. The maximum atomic E-state index is 13.0. The normalized spacial score (nSPS) is 9.69. The van der Waals surface area contributed by atoms with Crippen molar-refractivity contribution < 1.29 is 9.18 Å². The fraction of sp³-hybridized carbons (Fsp3) is 0.111. The molecule has 0 amide bonds. The number of carbonyl (C=O) groups excluding carboxylic acids is 1. The third-order valence-electron chi connectivity index (χ3n) is 1.72. The van der Waals surface area contributed by atoms with Crippen molar-refractivity contribution in [2.24, 2.45) is 0 Å². The molecule has 4 heteroatoms. The summed E-state index contributed by atoms with van der Waals surface area (Å²) in [5.74, 6) is -0.909. The minimum absolute atomic E-state index is 0.0972. The van der Waals surface area contributed by atoms with Crippen LogP contribution in [0.2, 0.25) is 0 Å². The van der Waals surface area contributed by atoms with Crippen LogP contribution in [0.5, 0.6) is 0 Å². The van der Waals surface area contributed by atoms with E-state index >= 15 is 0 Å². The minimum atomic E-state index is -0.661. The summed E-state index contributed by atoms with van der Waals surface area (Å²) < 4.78 is 13.0. The molecule has 0 aliphatic heterocycles. The van der Waals surface area contributed by atoms with Crippen LogP contribution < -0.4 is 5.73 Å². The lowest BCUT2D eigenvalue weighted by Gasteiger charge is -2.03. The molecular formula is C9H9FN2O. The van der Waals surface area contributed by atoms with E-state index in [0.29, 0.717) is 0 Å². The molecule has 13 heavy (non-hydrogen) atoms. The van der Waals surface area contributed by atoms with Crippen LogP contribution in [0.15, 0.2) is 12.1 Å². The number of ketones is 1. The fourth-order valence-electron chi connectivity index (χ4n) is 0.962. The van der Waals surface area contributed by atoms with Gasteiger partial charge in [-0.05, 0) is 19.1 Å². The van der Waals surface area contributed by atoms with Crippen LogP contribution in [0.3, 0.4) is 0 Å². The first kappa shape index (κ1) is 9.38. The van der Waals surface area contributed by atoms with E-state index in [1.165, 1.54) is 13.0 Å². The van der Waals surface area contributed by atoms with Gasteiger partial charge in [0.05, 0.1) is 5.69 Å². The van der Waals surface area contributed by atoms with Gasteiger partial charge in [0.1, 0.15) is 5.82 Å². The second kappa shape index (κ2) is 3.35. The van der Waals surface area contributed by atoms with Crippen LogP contribution in [-0.2, 0) is 0 Å². The van der Waals surface area contributed by atoms with Gasteiger partial charge in [0.2, 0.25) is 0 Å². The lowest BCUT2D eigenvalue weighted by Crippen LogP contribution is -2.01. The van der Waals surface area contributed by atoms with Crippen LogP contribution in [-0.4, -0.2) is 12.0 Å². The Bertz CT molecular complexity index is 374. The van der Waals surface area contributed by atoms with Crippen molar-refractivity contribution in [3.05, 3.63) is 29.1 Å². The van der Waals surface area contributed by atoms with Crippen molar-refractivity contribution in [1.29, 1.82) is 5.41 Å². The molecule has 0 heterocycles. The number of nitrogens with two attached hydrogens (primary N) is 1. The van der Waals surface area contributed by atoms with Gasteiger partial charge in [-0.25, -0.2) is 4.39 Å². The summed E-state index contributed by atoms with van der Waals surface area (Å²) >= 11 is 0. The van der Waals surface area contributed by atoms with E-state index in [1.54, 1.807) is 0 Å². The molecule has 1 aromatic rings. The van der Waals surface area contributed by atoms with Crippen LogP contribution in [0.25, 0.3) is 0 Å². The summed E-state index contributed by atoms with van der Waals surface area (Å²) in [6.45, 7) is 1.33. The molecule has 0 saturated carbocycles. The fourth-order valence-corrected chi connectivity index (χ4v) is 0.962. The molecule has 0 spiro atoms. The van der Waals surface area contributed by atoms with Gasteiger partial charge >= 0.3 is 0 Å². The Morgan fingerprint density at radius 2 is 2.23 bits per heavy atom. The Labute approximate surface area is 74.9 Å². The first-order valence-corrected chi connectivity index (χ1v) is 3.66. The number of anilines is 1. The molecule has 0 aliphatic carbocycles. The quantitative estimate of drug-likeness (QED) is 0.412. The maximum Gasteiger partial charge on any atom is 0.159 e. The zero-order chi connectivity index (χ0) is 10.0. The van der Waals surface area contributed by atoms with E-state index < -0.39 is 5.82 Å². The van der Waals surface area contributed by atoms with Crippen LogP contribution in [0.1, 0.15) is 22.8 Å². The number of nitrogen functional groups attached to an aromatic ring is 1. The summed E-state index contributed by atoms with van der Waals surface area (Å²) in [5, 5.41) is 6.94. The van der Waals surface area contributed by atoms with Crippen molar-refractivity contribution in [3.63, 3.8) is 0 Å². The predicted molar refractivity (Wildman–Crippen MR) is 48.7 cm³/mol. The summed E-state index contributed by atoms with van der Waals surface area (Å²) in [7, 11) is 0. The molecule has 0 aromatic heterocycles. The number of benzene rings is 1. The zero-order valence-electron chi connectivity index (χ0n) is 7.10. The van der Waals surface area contributed by atoms with Gasteiger partial charge in [-0.3, -0.25) is 4.79 Å². The van der Waals surface area contributed by atoms with Crippen molar-refractivity contribution in [1.82, 2.24) is 0 Å². The van der Waals surface area contributed by atoms with E-state index in [0.717, 1.165) is 12.3 Å². The molecule has 0 radical (unpaired) electrons. The molecule has 68 valence electrons. The molecule has 3 nitrogen and oxygen atoms in total. The molecule has 1 aromatic carbocycles. The third-order valence-corrected chi connectivity index (χ3v) is 1.72. The third kappa shape index (κ3) is 1.72. The van der Waals surface area contributed by atoms with Crippen molar-refractivity contribution in [3.8, 4) is 0 Å². The van der Waals surface area contributed by atoms with Crippen LogP contribution >= 0.6 is 0 Å². The van der Waals surface area contributed by atoms with Gasteiger partial charge in [-0.1, -0.05) is 0 Å². The molecule has 0 atom stereocenters. The van der Waals surface area contributed by atoms with Gasteiger partial charge < -0.3 is 11.1 Å². The number of halogens is 1. The zero-order valence-corrected chi connectivity index (χ0v) is 7.10. The minimum Gasteiger partial charge on any atom is -0.396 e. The highest BCUT2D eigenvalue weighted by molar-refractivity contribution is 5.97. The van der Waals surface area contributed by atoms with E-state index in [9.17, 15) is 9.18 Å². The van der Waals surface area contributed by atoms with Crippen molar-refractivity contribution in [2.75, 3.05) is 5.73 Å². The summed E-state index contributed by atoms with van der Waals surface area (Å²) in [6.07, 6.45) is 0.921. The smallest absolute Gasteiger partial charge is 0.159 e. The number of hydrogen-bond acceptors (Lipinski definition) is 3. The SMILES string of the molecule is CC(=O)c1cc(F)c(N)c(C=N)c1. The molecule has 0 saturated heterocycles. The van der Waals surface area contributed by atoms with Gasteiger partial charge in [-0.2, -0.15) is 0 Å². The number of rotatable bonds is 2. The second-order valence-electron chi connectivity index (χ2n) is 2.66. The van der Waals surface area contributed by atoms with Gasteiger partial charge in [0.25, 0.3) is 0 Å². The number of Topliss-reactive ketones (excluding diaryl/α,β-unsaturated/α-hetero) is 1. The van der Waals surface area contributed by atoms with Crippen molar-refractivity contribution >= 4 is 17.7 Å². The highest BCUT2D eigenvalue weighted by atomic mass is 19.1. The summed E-state index contributed by atoms with van der Waals surface area (Å²) in [4.78, 5) is 10.9. The molecule has 0 bridgehead atoms. The summed E-state index contributed by atoms with van der Waals surface area (Å²) in [5.41, 5.74) is 5.68. The highest BCUT2D eigenvalue weighted by Crippen LogP contribution is 2.17. The topological polar surface area (TPSA) is 66.9 Å². The highest BCUT2D eigenvalue weighted by Gasteiger charge is 2.08. The van der Waals surface area contributed by atoms with Gasteiger partial charge in [0.15, 0.2) is 5.78 Å². The molecule has 0 fully saturated rings. The maximum absolute atomic E-state index is 13.0. The van der Waals surface area contributed by atoms with E-state index in [2.05, 4.69) is 0 Å². The Balaban J connectivity index is 3.38. The summed E-state index contributed by atoms with van der Waals surface area (Å²) in [6, 6.07) is 2.47. The number of hydrogen-bond donors (Lipinski definition) is 2. The van der Waals surface area contributed by atoms with Crippen molar-refractivity contribution in [2.45, 2.75) is 6.92 Å². The van der Waals surface area contributed by atoms with E-state index in [4.69, 9.17) is 11.1 Å². The first-order valence-electron chi connectivity index (χ1n) is 3.66. The molecule has 3 N–H and O–H groups in total. The van der Waals surface area contributed by atoms with Crippen LogP contribution in [0, 0.1) is 11.2 Å². The van der Waals surface area contributed by atoms with Gasteiger partial charge in [-0.15, -0.1) is 0 Å². The average Bonchev–Trinajstić information content (AvgIpc) is 2.09. The van der Waals surface area contributed by atoms with E-state index in [1.807, 2.05) is 0 Å². The standard InChI is InChI=1S/C9H9FN2O/c1-5(13)6-2-7(4-11)9(12)8(10)3-6/h2-4,11H,12H2,1H3. The molecular weight excluding hydrogens is 171 g/mol. The van der Waals surface area contributed by atoms with Gasteiger partial charge in [0, 0.05) is 17.3 Å². The Morgan fingerprint density at radius 1 is 1.62 bits per heavy atom. The lowest BCUT2D eigenvalue weighted by atomic mass is 10.1. The lowest BCUT2D eigenvalue weighted by molar-refractivity contribution is 0.101. The second-order valence-corrected chi connectivity index (χ2v) is 2.66. The molecule has 0 aliphatic rings. The largest absolute Gasteiger partial charge is 0.396 e. The monoisotopic (exact) mass is 180 g/mol. The Hall–Kier alpha value is -1.71. The molecule has 1 rings (SSSR count). The predicted octanol–water partition coefficient (Wildman–Crippen LogP) is 1.61. The Morgan fingerprint density at radius 3 is 2.69 bits per heavy atom.